The van der Waals surface area contributed by atoms with E-state index in [-0.39, 0.29) is 5.92 Å². The maximum absolute atomic E-state index is 6.58. The lowest BCUT2D eigenvalue weighted by atomic mass is 9.82. The lowest BCUT2D eigenvalue weighted by molar-refractivity contribution is 0.670. The molecule has 0 radical (unpaired) electrons. The second kappa shape index (κ2) is 11.8. The molecular weight excluding hydrogens is 583 g/mol. The summed E-state index contributed by atoms with van der Waals surface area (Å²) in [5.41, 5.74) is 12.4. The number of fused-ring (bicyclic) bond motifs is 4. The Morgan fingerprint density at radius 1 is 0.438 bits per heavy atom. The predicted octanol–water partition coefficient (Wildman–Crippen LogP) is 12.3. The first-order chi connectivity index (χ1) is 23.8. The maximum Gasteiger partial charge on any atom is 0.143 e. The van der Waals surface area contributed by atoms with E-state index >= 15 is 0 Å². The van der Waals surface area contributed by atoms with E-state index in [0.717, 1.165) is 38.6 Å². The molecule has 48 heavy (non-hydrogen) atoms. The number of pyridine rings is 1. The molecule has 0 aliphatic carbocycles. The van der Waals surface area contributed by atoms with E-state index in [4.69, 9.17) is 4.42 Å². The van der Waals surface area contributed by atoms with Gasteiger partial charge < -0.3 is 4.42 Å². The topological polar surface area (TPSA) is 26.0 Å². The number of benzene rings is 7. The van der Waals surface area contributed by atoms with Crippen LogP contribution in [0.5, 0.6) is 0 Å². The van der Waals surface area contributed by atoms with Crippen molar-refractivity contribution in [1.29, 1.82) is 0 Å². The van der Waals surface area contributed by atoms with Gasteiger partial charge in [0.15, 0.2) is 0 Å². The highest BCUT2D eigenvalue weighted by Gasteiger charge is 2.20. The van der Waals surface area contributed by atoms with E-state index in [1.54, 1.807) is 6.20 Å². The molecule has 0 N–H and O–H groups in total. The molecule has 2 heteroatoms. The van der Waals surface area contributed by atoms with Crippen LogP contribution in [0, 0.1) is 0 Å². The van der Waals surface area contributed by atoms with E-state index in [1.807, 2.05) is 12.3 Å². The minimum atomic E-state index is 0.0526. The fourth-order valence-corrected chi connectivity index (χ4v) is 7.19. The van der Waals surface area contributed by atoms with Gasteiger partial charge in [-0.1, -0.05) is 158 Å². The van der Waals surface area contributed by atoms with E-state index in [1.165, 1.54) is 44.2 Å². The first-order valence-electron chi connectivity index (χ1n) is 16.4. The SMILES string of the molecule is c1ccc(-c2ccc(C(c3cccc(-c4cccc5oc6c(-c7cccnc7)cccc6c45)c3)c3ccc4ccccc4c3)cc2)cc1. The van der Waals surface area contributed by atoms with E-state index in [9.17, 15) is 0 Å². The van der Waals surface area contributed by atoms with Crippen LogP contribution in [0.15, 0.2) is 187 Å². The van der Waals surface area contributed by atoms with Gasteiger partial charge in [0.1, 0.15) is 11.2 Å². The molecule has 0 aliphatic heterocycles. The molecule has 0 fully saturated rings. The van der Waals surface area contributed by atoms with Gasteiger partial charge in [-0.2, -0.15) is 0 Å². The molecule has 0 aliphatic rings. The quantitative estimate of drug-likeness (QED) is 0.174. The lowest BCUT2D eigenvalue weighted by Crippen LogP contribution is -2.04. The molecule has 7 aromatic carbocycles. The van der Waals surface area contributed by atoms with Crippen LogP contribution in [0.4, 0.5) is 0 Å². The smallest absolute Gasteiger partial charge is 0.143 e. The third kappa shape index (κ3) is 4.96. The monoisotopic (exact) mass is 613 g/mol. The highest BCUT2D eigenvalue weighted by molar-refractivity contribution is 6.15. The van der Waals surface area contributed by atoms with Crippen molar-refractivity contribution >= 4 is 32.7 Å². The molecule has 0 saturated heterocycles. The standard InChI is InChI=1S/C46H31NO/c1-2-10-31(11-3-1)33-21-24-34(25-22-33)44(38-26-23-32-12-4-5-13-35(32)28-38)37-15-6-14-36(29-37)40-17-8-20-43-45(40)42-19-7-18-41(46(42)48-43)39-16-9-27-47-30-39/h1-30,44H. The summed E-state index contributed by atoms with van der Waals surface area (Å²) in [6, 6.07) is 61.0. The highest BCUT2D eigenvalue weighted by atomic mass is 16.3. The number of hydrogen-bond acceptors (Lipinski definition) is 2. The Kier molecular flexibility index (Phi) is 6.91. The van der Waals surface area contributed by atoms with Crippen LogP contribution in [0.1, 0.15) is 22.6 Å². The highest BCUT2D eigenvalue weighted by Crippen LogP contribution is 2.42. The van der Waals surface area contributed by atoms with Crippen LogP contribution >= 0.6 is 0 Å². The molecule has 0 saturated carbocycles. The zero-order valence-electron chi connectivity index (χ0n) is 26.3. The van der Waals surface area contributed by atoms with Crippen molar-refractivity contribution in [2.24, 2.45) is 0 Å². The number of hydrogen-bond donors (Lipinski definition) is 0. The van der Waals surface area contributed by atoms with Crippen LogP contribution in [-0.4, -0.2) is 4.98 Å². The maximum atomic E-state index is 6.58. The van der Waals surface area contributed by atoms with Gasteiger partial charge in [-0.25, -0.2) is 0 Å². The summed E-state index contributed by atoms with van der Waals surface area (Å²) in [6.45, 7) is 0. The summed E-state index contributed by atoms with van der Waals surface area (Å²) < 4.78 is 6.58. The molecule has 1 unspecified atom stereocenters. The zero-order chi connectivity index (χ0) is 31.9. The molecule has 1 atom stereocenters. The van der Waals surface area contributed by atoms with Crippen molar-refractivity contribution in [2.45, 2.75) is 5.92 Å². The Hall–Kier alpha value is -6.25. The summed E-state index contributed by atoms with van der Waals surface area (Å²) >= 11 is 0. The Morgan fingerprint density at radius 3 is 1.98 bits per heavy atom. The molecule has 226 valence electrons. The second-order valence-electron chi connectivity index (χ2n) is 12.4. The number of furan rings is 1. The van der Waals surface area contributed by atoms with E-state index in [2.05, 4.69) is 169 Å². The van der Waals surface area contributed by atoms with Gasteiger partial charge in [-0.05, 0) is 61.8 Å². The average molecular weight is 614 g/mol. The van der Waals surface area contributed by atoms with Crippen molar-refractivity contribution in [3.63, 3.8) is 0 Å². The number of nitrogens with zero attached hydrogens (tertiary/aromatic N) is 1. The van der Waals surface area contributed by atoms with Crippen molar-refractivity contribution < 1.29 is 4.42 Å². The van der Waals surface area contributed by atoms with Gasteiger partial charge in [0, 0.05) is 40.2 Å². The minimum Gasteiger partial charge on any atom is -0.455 e. The first kappa shape index (κ1) is 28.0. The minimum absolute atomic E-state index is 0.0526. The van der Waals surface area contributed by atoms with Crippen molar-refractivity contribution in [2.75, 3.05) is 0 Å². The molecule has 0 bridgehead atoms. The molecule has 2 nitrogen and oxygen atoms in total. The summed E-state index contributed by atoms with van der Waals surface area (Å²) in [4.78, 5) is 4.36. The first-order valence-corrected chi connectivity index (χ1v) is 16.4. The third-order valence-electron chi connectivity index (χ3n) is 9.48. The summed E-state index contributed by atoms with van der Waals surface area (Å²) in [6.07, 6.45) is 3.70. The summed E-state index contributed by atoms with van der Waals surface area (Å²) in [7, 11) is 0. The number of rotatable bonds is 6. The Labute approximate surface area is 279 Å². The van der Waals surface area contributed by atoms with Crippen molar-refractivity contribution in [3.8, 4) is 33.4 Å². The molecule has 0 amide bonds. The van der Waals surface area contributed by atoms with Gasteiger partial charge in [0.2, 0.25) is 0 Å². The summed E-state index contributed by atoms with van der Waals surface area (Å²) in [5.74, 6) is 0.0526. The predicted molar refractivity (Wildman–Crippen MR) is 199 cm³/mol. The number of aromatic nitrogens is 1. The second-order valence-corrected chi connectivity index (χ2v) is 12.4. The van der Waals surface area contributed by atoms with Gasteiger partial charge in [0.25, 0.3) is 0 Å². The largest absolute Gasteiger partial charge is 0.455 e. The van der Waals surface area contributed by atoms with Crippen LogP contribution in [0.3, 0.4) is 0 Å². The molecular formula is C46H31NO. The molecule has 2 heterocycles. The van der Waals surface area contributed by atoms with Gasteiger partial charge in [-0.3, -0.25) is 4.98 Å². The fraction of sp³-hybridized carbons (Fsp3) is 0.0217. The van der Waals surface area contributed by atoms with Gasteiger partial charge in [0.05, 0.1) is 0 Å². The summed E-state index contributed by atoms with van der Waals surface area (Å²) in [5, 5.41) is 4.73. The number of para-hydroxylation sites is 1. The van der Waals surface area contributed by atoms with Crippen LogP contribution < -0.4 is 0 Å². The van der Waals surface area contributed by atoms with Crippen molar-refractivity contribution in [3.05, 3.63) is 199 Å². The Morgan fingerprint density at radius 2 is 1.12 bits per heavy atom. The van der Waals surface area contributed by atoms with Crippen LogP contribution in [0.25, 0.3) is 66.1 Å². The molecule has 9 aromatic rings. The third-order valence-corrected chi connectivity index (χ3v) is 9.48. The molecule has 9 rings (SSSR count). The van der Waals surface area contributed by atoms with Gasteiger partial charge in [-0.15, -0.1) is 0 Å². The van der Waals surface area contributed by atoms with Crippen LogP contribution in [-0.2, 0) is 0 Å². The lowest BCUT2D eigenvalue weighted by Gasteiger charge is -2.21. The fourth-order valence-electron chi connectivity index (χ4n) is 7.19. The van der Waals surface area contributed by atoms with Gasteiger partial charge >= 0.3 is 0 Å². The Balaban J connectivity index is 1.20. The van der Waals surface area contributed by atoms with E-state index in [0.29, 0.717) is 0 Å². The molecule has 2 aromatic heterocycles. The average Bonchev–Trinajstić information content (AvgIpc) is 3.55. The zero-order valence-corrected chi connectivity index (χ0v) is 26.3. The van der Waals surface area contributed by atoms with Crippen molar-refractivity contribution in [1.82, 2.24) is 4.98 Å². The normalized spacial score (nSPS) is 12.1. The Bertz CT molecular complexity index is 2550. The van der Waals surface area contributed by atoms with E-state index < -0.39 is 0 Å². The van der Waals surface area contributed by atoms with Crippen LogP contribution in [0.2, 0.25) is 0 Å². The molecule has 0 spiro atoms.